The van der Waals surface area contributed by atoms with Gasteiger partial charge in [-0.05, 0) is 54.8 Å². The number of hydrogen-bond donors (Lipinski definition) is 0. The minimum Gasteiger partial charge on any atom is -0.338 e. The van der Waals surface area contributed by atoms with Crippen LogP contribution in [-0.2, 0) is 16.9 Å². The van der Waals surface area contributed by atoms with E-state index in [0.717, 1.165) is 11.4 Å². The van der Waals surface area contributed by atoms with Gasteiger partial charge in [0.2, 0.25) is 5.91 Å². The monoisotopic (exact) mass is 435 g/mol. The highest BCUT2D eigenvalue weighted by Crippen LogP contribution is 2.41. The summed E-state index contributed by atoms with van der Waals surface area (Å²) in [6.45, 7) is 1.65. The topological polar surface area (TPSA) is 71.3 Å². The van der Waals surface area contributed by atoms with E-state index < -0.39 is 0 Å². The summed E-state index contributed by atoms with van der Waals surface area (Å²) < 4.78 is 2.00. The molecule has 0 radical (unpaired) electrons. The van der Waals surface area contributed by atoms with Crippen molar-refractivity contribution in [1.29, 1.82) is 0 Å². The van der Waals surface area contributed by atoms with Crippen molar-refractivity contribution in [3.8, 4) is 0 Å². The third-order valence-corrected chi connectivity index (χ3v) is 6.54. The normalized spacial score (nSPS) is 17.6. The second-order valence-corrected chi connectivity index (χ2v) is 8.57. The van der Waals surface area contributed by atoms with Crippen LogP contribution in [0.1, 0.15) is 35.2 Å². The first-order valence-electron chi connectivity index (χ1n) is 10.3. The Bertz CT molecular complexity index is 1100. The number of anilines is 1. The van der Waals surface area contributed by atoms with Crippen LogP contribution >= 0.6 is 11.6 Å². The molecule has 0 N–H and O–H groups in total. The van der Waals surface area contributed by atoms with E-state index in [4.69, 9.17) is 11.6 Å². The molecule has 0 saturated carbocycles. The van der Waals surface area contributed by atoms with Gasteiger partial charge in [-0.3, -0.25) is 19.5 Å². The molecule has 158 valence electrons. The van der Waals surface area contributed by atoms with Crippen LogP contribution in [0.4, 0.5) is 5.82 Å². The first-order valence-corrected chi connectivity index (χ1v) is 10.7. The number of piperidine rings is 1. The molecule has 0 bridgehead atoms. The van der Waals surface area contributed by atoms with Crippen molar-refractivity contribution in [1.82, 2.24) is 19.7 Å². The number of carbonyl (C=O) groups is 2. The van der Waals surface area contributed by atoms with Gasteiger partial charge in [-0.25, -0.2) is 4.68 Å². The predicted molar refractivity (Wildman–Crippen MR) is 117 cm³/mol. The molecule has 2 aromatic heterocycles. The molecule has 31 heavy (non-hydrogen) atoms. The van der Waals surface area contributed by atoms with Crippen molar-refractivity contribution in [2.75, 3.05) is 18.0 Å². The number of likely N-dealkylation sites (tertiary alicyclic amines) is 1. The summed E-state index contributed by atoms with van der Waals surface area (Å²) in [5.74, 6) is 0.890. The molecule has 0 aliphatic carbocycles. The van der Waals surface area contributed by atoms with Gasteiger partial charge in [0.1, 0.15) is 5.82 Å². The molecule has 2 aliphatic rings. The summed E-state index contributed by atoms with van der Waals surface area (Å²) in [6, 6.07) is 12.7. The number of halogens is 1. The predicted octanol–water partition coefficient (Wildman–Crippen LogP) is 3.50. The second-order valence-electron chi connectivity index (χ2n) is 8.14. The first kappa shape index (κ1) is 19.8. The molecular weight excluding hydrogens is 414 g/mol. The van der Waals surface area contributed by atoms with Gasteiger partial charge in [0.05, 0.1) is 24.7 Å². The summed E-state index contributed by atoms with van der Waals surface area (Å²) >= 11 is 5.94. The van der Waals surface area contributed by atoms with Crippen molar-refractivity contribution < 1.29 is 9.59 Å². The van der Waals surface area contributed by atoms with Gasteiger partial charge in [-0.15, -0.1) is 0 Å². The highest BCUT2D eigenvalue weighted by atomic mass is 35.5. The summed E-state index contributed by atoms with van der Waals surface area (Å²) in [5, 5.41) is 5.20. The lowest BCUT2D eigenvalue weighted by molar-refractivity contribution is -0.123. The van der Waals surface area contributed by atoms with E-state index in [1.54, 1.807) is 47.8 Å². The number of nitrogens with zero attached hydrogens (tertiary/aromatic N) is 5. The van der Waals surface area contributed by atoms with E-state index in [0.29, 0.717) is 49.5 Å². The van der Waals surface area contributed by atoms with Gasteiger partial charge in [0, 0.05) is 42.1 Å². The molecule has 4 heterocycles. The Kier molecular flexibility index (Phi) is 4.98. The van der Waals surface area contributed by atoms with Gasteiger partial charge in [-0.2, -0.15) is 5.10 Å². The molecule has 2 amide bonds. The van der Waals surface area contributed by atoms with E-state index in [1.165, 1.54) is 0 Å². The number of hydrogen-bond acceptors (Lipinski definition) is 4. The van der Waals surface area contributed by atoms with Gasteiger partial charge in [0.25, 0.3) is 5.91 Å². The molecule has 1 aromatic carbocycles. The molecule has 8 heteroatoms. The largest absolute Gasteiger partial charge is 0.338 e. The van der Waals surface area contributed by atoms with Crippen LogP contribution in [0.25, 0.3) is 0 Å². The van der Waals surface area contributed by atoms with Gasteiger partial charge in [0.15, 0.2) is 0 Å². The fraction of sp³-hybridized carbons (Fsp3) is 0.304. The number of rotatable bonds is 3. The summed E-state index contributed by atoms with van der Waals surface area (Å²) in [7, 11) is 0. The minimum absolute atomic E-state index is 0.00587. The van der Waals surface area contributed by atoms with E-state index in [2.05, 4.69) is 10.1 Å². The van der Waals surface area contributed by atoms with E-state index in [1.807, 2.05) is 27.8 Å². The van der Waals surface area contributed by atoms with Crippen LogP contribution in [0.3, 0.4) is 0 Å². The number of benzene rings is 1. The quantitative estimate of drug-likeness (QED) is 0.631. The Labute approximate surface area is 185 Å². The van der Waals surface area contributed by atoms with Gasteiger partial charge < -0.3 is 4.90 Å². The summed E-state index contributed by atoms with van der Waals surface area (Å²) in [6.07, 6.45) is 6.98. The maximum Gasteiger partial charge on any atom is 0.253 e. The molecule has 3 aromatic rings. The highest BCUT2D eigenvalue weighted by molar-refractivity contribution is 6.30. The Hall–Kier alpha value is -3.19. The highest BCUT2D eigenvalue weighted by Gasteiger charge is 2.46. The van der Waals surface area contributed by atoms with Crippen molar-refractivity contribution >= 4 is 29.2 Å². The SMILES string of the molecule is O=C(c1ccc(Cl)cc1)N1CCC2(CC1)CC(=O)N(Cc1ccncc1)c1ccnn12. The zero-order valence-electron chi connectivity index (χ0n) is 16.9. The fourth-order valence-electron chi connectivity index (χ4n) is 4.58. The number of fused-ring (bicyclic) bond motifs is 2. The van der Waals surface area contributed by atoms with Gasteiger partial charge in [-0.1, -0.05) is 11.6 Å². The summed E-state index contributed by atoms with van der Waals surface area (Å²) in [4.78, 5) is 33.7. The minimum atomic E-state index is -0.387. The number of amides is 2. The average Bonchev–Trinajstić information content (AvgIpc) is 3.29. The average molecular weight is 436 g/mol. The third-order valence-electron chi connectivity index (χ3n) is 6.29. The van der Waals surface area contributed by atoms with Crippen LogP contribution in [0, 0.1) is 0 Å². The Morgan fingerprint density at radius 3 is 2.42 bits per heavy atom. The lowest BCUT2D eigenvalue weighted by Crippen LogP contribution is -2.54. The van der Waals surface area contributed by atoms with Crippen LogP contribution in [-0.4, -0.2) is 44.6 Å². The lowest BCUT2D eigenvalue weighted by Gasteiger charge is -2.46. The van der Waals surface area contributed by atoms with Crippen LogP contribution < -0.4 is 4.90 Å². The first-order chi connectivity index (χ1) is 15.1. The zero-order valence-corrected chi connectivity index (χ0v) is 17.7. The van der Waals surface area contributed by atoms with Crippen LogP contribution in [0.5, 0.6) is 0 Å². The number of aromatic nitrogens is 3. The molecule has 1 saturated heterocycles. The molecule has 1 spiro atoms. The molecule has 0 unspecified atom stereocenters. The molecule has 0 atom stereocenters. The number of pyridine rings is 1. The fourth-order valence-corrected chi connectivity index (χ4v) is 4.70. The molecular formula is C23H22ClN5O2. The zero-order chi connectivity index (χ0) is 21.4. The second kappa shape index (κ2) is 7.81. The van der Waals surface area contributed by atoms with E-state index in [9.17, 15) is 9.59 Å². The van der Waals surface area contributed by atoms with E-state index >= 15 is 0 Å². The van der Waals surface area contributed by atoms with Crippen LogP contribution in [0.15, 0.2) is 61.1 Å². The molecule has 7 nitrogen and oxygen atoms in total. The Morgan fingerprint density at radius 1 is 1.00 bits per heavy atom. The summed E-state index contributed by atoms with van der Waals surface area (Å²) in [5.41, 5.74) is 1.26. The van der Waals surface area contributed by atoms with E-state index in [-0.39, 0.29) is 17.4 Å². The molecule has 1 fully saturated rings. The van der Waals surface area contributed by atoms with Crippen molar-refractivity contribution in [3.63, 3.8) is 0 Å². The van der Waals surface area contributed by atoms with Crippen molar-refractivity contribution in [2.24, 2.45) is 0 Å². The molecule has 2 aliphatic heterocycles. The maximum atomic E-state index is 13.2. The Morgan fingerprint density at radius 2 is 1.71 bits per heavy atom. The number of carbonyl (C=O) groups excluding carboxylic acids is 2. The maximum absolute atomic E-state index is 13.2. The lowest BCUT2D eigenvalue weighted by atomic mass is 9.82. The molecule has 5 rings (SSSR count). The van der Waals surface area contributed by atoms with Crippen molar-refractivity contribution in [2.45, 2.75) is 31.3 Å². The standard InChI is InChI=1S/C23H22ClN5O2/c24-19-3-1-18(2-4-19)22(31)27-13-8-23(9-14-27)15-21(30)28(20-7-12-26-29(20)23)16-17-5-10-25-11-6-17/h1-7,10-12H,8-9,13-16H2. The third kappa shape index (κ3) is 3.59. The van der Waals surface area contributed by atoms with Crippen LogP contribution in [0.2, 0.25) is 5.02 Å². The van der Waals surface area contributed by atoms with Crippen molar-refractivity contribution in [3.05, 3.63) is 77.2 Å². The van der Waals surface area contributed by atoms with Gasteiger partial charge >= 0.3 is 0 Å². The Balaban J connectivity index is 1.35. The smallest absolute Gasteiger partial charge is 0.253 e.